The van der Waals surface area contributed by atoms with E-state index in [1.807, 2.05) is 31.2 Å². The Morgan fingerprint density at radius 1 is 1.04 bits per heavy atom. The first-order chi connectivity index (χ1) is 12.5. The summed E-state index contributed by atoms with van der Waals surface area (Å²) in [5, 5.41) is 3.08. The summed E-state index contributed by atoms with van der Waals surface area (Å²) in [7, 11) is 0. The molecule has 0 radical (unpaired) electrons. The Morgan fingerprint density at radius 3 is 2.54 bits per heavy atom. The van der Waals surface area contributed by atoms with E-state index in [2.05, 4.69) is 42.6 Å². The van der Waals surface area contributed by atoms with Crippen LogP contribution in [0.1, 0.15) is 11.3 Å². The van der Waals surface area contributed by atoms with Crippen molar-refractivity contribution < 1.29 is 0 Å². The molecule has 0 unspecified atom stereocenters. The van der Waals surface area contributed by atoms with E-state index in [1.54, 1.807) is 24.4 Å². The molecule has 0 spiro atoms. The third-order valence-electron chi connectivity index (χ3n) is 4.04. The molecule has 0 atom stereocenters. The molecular weight excluding hydrogens is 445 g/mol. The van der Waals surface area contributed by atoms with E-state index in [1.165, 1.54) is 4.68 Å². The standard InChI is InChI=1S/C18H14IN5O2/c1-10-14(17(25)24(23-10)13-5-2-11(19)3-6-13)9-20-12-4-7-15-16(8-12)22-18(26)21-15/h2-9,23H,1H3,(H2,21,22,26). The predicted octanol–water partition coefficient (Wildman–Crippen LogP) is 3.00. The molecule has 0 saturated carbocycles. The molecular formula is C18H14IN5O2. The highest BCUT2D eigenvalue weighted by molar-refractivity contribution is 14.1. The number of aromatic amines is 3. The molecule has 26 heavy (non-hydrogen) atoms. The van der Waals surface area contributed by atoms with Gasteiger partial charge in [-0.2, -0.15) is 0 Å². The van der Waals surface area contributed by atoms with E-state index in [0.29, 0.717) is 22.3 Å². The van der Waals surface area contributed by atoms with E-state index in [-0.39, 0.29) is 11.2 Å². The lowest BCUT2D eigenvalue weighted by Gasteiger charge is -2.00. The van der Waals surface area contributed by atoms with Gasteiger partial charge in [-0.05, 0) is 72.0 Å². The maximum atomic E-state index is 12.7. The number of nitrogens with one attached hydrogen (secondary N) is 3. The van der Waals surface area contributed by atoms with E-state index in [9.17, 15) is 9.59 Å². The first-order valence-electron chi connectivity index (χ1n) is 7.85. The lowest BCUT2D eigenvalue weighted by Crippen LogP contribution is -2.17. The molecule has 8 heteroatoms. The summed E-state index contributed by atoms with van der Waals surface area (Å²) >= 11 is 2.22. The van der Waals surface area contributed by atoms with Crippen LogP contribution in [-0.4, -0.2) is 26.0 Å². The van der Waals surface area contributed by atoms with Gasteiger partial charge in [0.15, 0.2) is 0 Å². The molecule has 0 aliphatic heterocycles. The zero-order chi connectivity index (χ0) is 18.3. The molecule has 2 aromatic carbocycles. The van der Waals surface area contributed by atoms with Crippen LogP contribution in [0.15, 0.2) is 57.0 Å². The Balaban J connectivity index is 1.71. The Labute approximate surface area is 160 Å². The molecule has 0 fully saturated rings. The first kappa shape index (κ1) is 16.6. The molecule has 3 N–H and O–H groups in total. The third-order valence-corrected chi connectivity index (χ3v) is 4.76. The summed E-state index contributed by atoms with van der Waals surface area (Å²) in [5.41, 5.74) is 3.60. The number of H-pyrrole nitrogens is 3. The van der Waals surface area contributed by atoms with Crippen LogP contribution in [0, 0.1) is 10.5 Å². The lowest BCUT2D eigenvalue weighted by molar-refractivity contribution is 0.835. The van der Waals surface area contributed by atoms with Gasteiger partial charge in [0.25, 0.3) is 5.56 Å². The second-order valence-corrected chi connectivity index (χ2v) is 7.08. The van der Waals surface area contributed by atoms with Crippen LogP contribution in [0.5, 0.6) is 0 Å². The molecule has 0 saturated heterocycles. The molecule has 4 rings (SSSR count). The van der Waals surface area contributed by atoms with Crippen molar-refractivity contribution in [2.24, 2.45) is 4.99 Å². The number of aryl methyl sites for hydroxylation is 1. The lowest BCUT2D eigenvalue weighted by atomic mass is 10.2. The van der Waals surface area contributed by atoms with Gasteiger partial charge >= 0.3 is 5.69 Å². The maximum Gasteiger partial charge on any atom is 0.323 e. The Bertz CT molecular complexity index is 1240. The smallest absolute Gasteiger partial charge is 0.306 e. The Morgan fingerprint density at radius 2 is 1.77 bits per heavy atom. The number of benzene rings is 2. The van der Waals surface area contributed by atoms with Crippen LogP contribution in [0.4, 0.5) is 5.69 Å². The quantitative estimate of drug-likeness (QED) is 0.324. The maximum absolute atomic E-state index is 12.7. The molecule has 2 aromatic heterocycles. The highest BCUT2D eigenvalue weighted by Gasteiger charge is 2.10. The van der Waals surface area contributed by atoms with Crippen LogP contribution in [0.25, 0.3) is 16.7 Å². The van der Waals surface area contributed by atoms with Crippen molar-refractivity contribution in [3.8, 4) is 5.69 Å². The number of imidazole rings is 1. The second kappa shape index (κ2) is 6.45. The van der Waals surface area contributed by atoms with Gasteiger partial charge in [0, 0.05) is 15.5 Å². The molecule has 0 bridgehead atoms. The summed E-state index contributed by atoms with van der Waals surface area (Å²) in [5.74, 6) is 0. The number of aliphatic imine (C=N–C) groups is 1. The van der Waals surface area contributed by atoms with Crippen molar-refractivity contribution in [3.05, 3.63) is 78.1 Å². The number of hydrogen-bond acceptors (Lipinski definition) is 3. The monoisotopic (exact) mass is 459 g/mol. The van der Waals surface area contributed by atoms with E-state index >= 15 is 0 Å². The van der Waals surface area contributed by atoms with Gasteiger partial charge < -0.3 is 9.97 Å². The average molecular weight is 459 g/mol. The van der Waals surface area contributed by atoms with Crippen LogP contribution in [0.2, 0.25) is 0 Å². The number of nitrogens with zero attached hydrogens (tertiary/aromatic N) is 2. The minimum absolute atomic E-state index is 0.163. The van der Waals surface area contributed by atoms with Crippen molar-refractivity contribution in [2.45, 2.75) is 6.92 Å². The SMILES string of the molecule is Cc1[nH]n(-c2ccc(I)cc2)c(=O)c1C=Nc1ccc2[nH]c(=O)[nH]c2c1. The Kier molecular flexibility index (Phi) is 4.11. The molecule has 130 valence electrons. The fraction of sp³-hybridized carbons (Fsp3) is 0.0556. The van der Waals surface area contributed by atoms with Gasteiger partial charge in [0.05, 0.1) is 28.0 Å². The van der Waals surface area contributed by atoms with Gasteiger partial charge in [-0.1, -0.05) is 0 Å². The number of aromatic nitrogens is 4. The first-order valence-corrected chi connectivity index (χ1v) is 8.93. The molecule has 4 aromatic rings. The minimum Gasteiger partial charge on any atom is -0.306 e. The second-order valence-electron chi connectivity index (χ2n) is 5.83. The van der Waals surface area contributed by atoms with Crippen LogP contribution in [-0.2, 0) is 0 Å². The van der Waals surface area contributed by atoms with Crippen molar-refractivity contribution in [2.75, 3.05) is 0 Å². The minimum atomic E-state index is -0.261. The van der Waals surface area contributed by atoms with Crippen LogP contribution >= 0.6 is 22.6 Å². The largest absolute Gasteiger partial charge is 0.323 e. The van der Waals surface area contributed by atoms with Gasteiger partial charge in [0.2, 0.25) is 0 Å². The Hall–Kier alpha value is -2.88. The summed E-state index contributed by atoms with van der Waals surface area (Å²) < 4.78 is 2.60. The highest BCUT2D eigenvalue weighted by atomic mass is 127. The highest BCUT2D eigenvalue weighted by Crippen LogP contribution is 2.17. The molecule has 0 amide bonds. The molecule has 2 heterocycles. The number of rotatable bonds is 3. The van der Waals surface area contributed by atoms with Crippen LogP contribution in [0.3, 0.4) is 0 Å². The third kappa shape index (κ3) is 3.03. The topological polar surface area (TPSA) is 98.8 Å². The number of hydrogen-bond donors (Lipinski definition) is 3. The summed E-state index contributed by atoms with van der Waals surface area (Å²) in [4.78, 5) is 33.8. The summed E-state index contributed by atoms with van der Waals surface area (Å²) in [6.07, 6.45) is 1.54. The van der Waals surface area contributed by atoms with Crippen molar-refractivity contribution in [1.82, 2.24) is 19.7 Å². The fourth-order valence-corrected chi connectivity index (χ4v) is 3.08. The zero-order valence-corrected chi connectivity index (χ0v) is 15.9. The van der Waals surface area contributed by atoms with Crippen LogP contribution < -0.4 is 11.2 Å². The van der Waals surface area contributed by atoms with Gasteiger partial charge in [-0.25, -0.2) is 9.48 Å². The van der Waals surface area contributed by atoms with E-state index < -0.39 is 0 Å². The van der Waals surface area contributed by atoms with Gasteiger partial charge in [-0.3, -0.25) is 14.9 Å². The summed E-state index contributed by atoms with van der Waals surface area (Å²) in [6, 6.07) is 13.0. The van der Waals surface area contributed by atoms with Gasteiger partial charge in [-0.15, -0.1) is 0 Å². The van der Waals surface area contributed by atoms with E-state index in [4.69, 9.17) is 0 Å². The molecule has 0 aliphatic rings. The zero-order valence-electron chi connectivity index (χ0n) is 13.7. The number of fused-ring (bicyclic) bond motifs is 1. The number of halogens is 1. The van der Waals surface area contributed by atoms with E-state index in [0.717, 1.165) is 15.0 Å². The fourth-order valence-electron chi connectivity index (χ4n) is 2.72. The van der Waals surface area contributed by atoms with Crippen molar-refractivity contribution >= 4 is 45.5 Å². The van der Waals surface area contributed by atoms with Crippen molar-refractivity contribution in [3.63, 3.8) is 0 Å². The predicted molar refractivity (Wildman–Crippen MR) is 110 cm³/mol. The molecule has 0 aliphatic carbocycles. The average Bonchev–Trinajstić information content (AvgIpc) is 3.12. The summed E-state index contributed by atoms with van der Waals surface area (Å²) in [6.45, 7) is 1.83. The van der Waals surface area contributed by atoms with Gasteiger partial charge in [0.1, 0.15) is 0 Å². The normalized spacial score (nSPS) is 11.6. The van der Waals surface area contributed by atoms with Crippen molar-refractivity contribution in [1.29, 1.82) is 0 Å². The molecule has 7 nitrogen and oxygen atoms in total.